The van der Waals surface area contributed by atoms with Crippen molar-refractivity contribution in [1.82, 2.24) is 15.2 Å². The maximum Gasteiger partial charge on any atom is 0.317 e. The van der Waals surface area contributed by atoms with Crippen LogP contribution in [0.25, 0.3) is 0 Å². The normalized spacial score (nSPS) is 17.0. The second-order valence-corrected chi connectivity index (χ2v) is 7.17. The van der Waals surface area contributed by atoms with Crippen LogP contribution in [0.4, 0.5) is 4.79 Å². The van der Waals surface area contributed by atoms with Crippen molar-refractivity contribution in [1.29, 1.82) is 0 Å². The first-order chi connectivity index (χ1) is 10.1. The number of aryl methyl sites for hydroxylation is 1. The number of amides is 2. The maximum absolute atomic E-state index is 12.1. The van der Waals surface area contributed by atoms with Crippen molar-refractivity contribution in [3.63, 3.8) is 0 Å². The molecule has 1 aliphatic rings. The zero-order valence-corrected chi connectivity index (χ0v) is 14.0. The van der Waals surface area contributed by atoms with Crippen LogP contribution in [-0.2, 0) is 6.54 Å². The van der Waals surface area contributed by atoms with Crippen LogP contribution in [-0.4, -0.2) is 29.5 Å². The van der Waals surface area contributed by atoms with Crippen molar-refractivity contribution >= 4 is 17.4 Å². The van der Waals surface area contributed by atoms with Gasteiger partial charge in [0.1, 0.15) is 0 Å². The second-order valence-electron chi connectivity index (χ2n) is 6.11. The lowest BCUT2D eigenvalue weighted by Gasteiger charge is -2.22. The molecule has 2 amide bonds. The minimum Gasteiger partial charge on any atom is -0.338 e. The molecule has 1 saturated carbocycles. The van der Waals surface area contributed by atoms with Gasteiger partial charge in [0.25, 0.3) is 0 Å². The molecular formula is C16H27N3OS. The van der Waals surface area contributed by atoms with Crippen molar-refractivity contribution in [2.24, 2.45) is 5.92 Å². The van der Waals surface area contributed by atoms with Crippen LogP contribution in [0.15, 0.2) is 5.38 Å². The Morgan fingerprint density at radius 3 is 2.62 bits per heavy atom. The van der Waals surface area contributed by atoms with Crippen LogP contribution in [0.5, 0.6) is 0 Å². The molecule has 4 nitrogen and oxygen atoms in total. The molecule has 0 atom stereocenters. The smallest absolute Gasteiger partial charge is 0.317 e. The number of nitrogens with zero attached hydrogens (tertiary/aromatic N) is 2. The van der Waals surface area contributed by atoms with E-state index < -0.39 is 0 Å². The summed E-state index contributed by atoms with van der Waals surface area (Å²) in [7, 11) is 1.84. The van der Waals surface area contributed by atoms with Gasteiger partial charge in [0.05, 0.1) is 17.2 Å². The summed E-state index contributed by atoms with van der Waals surface area (Å²) in [6.07, 6.45) is 9.24. The lowest BCUT2D eigenvalue weighted by atomic mass is 9.91. The van der Waals surface area contributed by atoms with Gasteiger partial charge in [-0.1, -0.05) is 32.1 Å². The summed E-state index contributed by atoms with van der Waals surface area (Å²) in [5.41, 5.74) is 0.973. The third-order valence-electron chi connectivity index (χ3n) is 4.18. The molecule has 1 heterocycles. The quantitative estimate of drug-likeness (QED) is 0.915. The maximum atomic E-state index is 12.1. The van der Waals surface area contributed by atoms with Crippen LogP contribution >= 0.6 is 11.3 Å². The molecule has 0 aliphatic heterocycles. The minimum absolute atomic E-state index is 0.0164. The number of nitrogens with one attached hydrogen (secondary N) is 1. The molecule has 1 aromatic heterocycles. The molecule has 1 fully saturated rings. The van der Waals surface area contributed by atoms with Gasteiger partial charge in [0.15, 0.2) is 0 Å². The van der Waals surface area contributed by atoms with Crippen molar-refractivity contribution < 1.29 is 4.79 Å². The van der Waals surface area contributed by atoms with Gasteiger partial charge in [-0.05, 0) is 25.7 Å². The number of hydrogen-bond donors (Lipinski definition) is 1. The predicted molar refractivity (Wildman–Crippen MR) is 87.5 cm³/mol. The molecule has 0 saturated heterocycles. The van der Waals surface area contributed by atoms with Crippen LogP contribution in [0.3, 0.4) is 0 Å². The first kappa shape index (κ1) is 16.3. The van der Waals surface area contributed by atoms with Gasteiger partial charge in [-0.25, -0.2) is 9.78 Å². The topological polar surface area (TPSA) is 45.2 Å². The molecule has 21 heavy (non-hydrogen) atoms. The monoisotopic (exact) mass is 309 g/mol. The van der Waals surface area contributed by atoms with E-state index in [1.54, 1.807) is 16.2 Å². The average Bonchev–Trinajstić information content (AvgIpc) is 2.82. The molecule has 1 aliphatic carbocycles. The number of carbonyl (C=O) groups excluding carboxylic acids is 1. The highest BCUT2D eigenvalue weighted by Gasteiger charge is 2.15. The van der Waals surface area contributed by atoms with E-state index in [1.165, 1.54) is 44.9 Å². The number of rotatable bonds is 4. The Hall–Kier alpha value is -1.10. The summed E-state index contributed by atoms with van der Waals surface area (Å²) in [6, 6.07) is 0.0164. The van der Waals surface area contributed by atoms with E-state index in [4.69, 9.17) is 0 Å². The van der Waals surface area contributed by atoms with Gasteiger partial charge in [-0.3, -0.25) is 0 Å². The van der Waals surface area contributed by atoms with Gasteiger partial charge in [-0.2, -0.15) is 0 Å². The van der Waals surface area contributed by atoms with E-state index in [0.717, 1.165) is 17.2 Å². The second kappa shape index (κ2) is 8.37. The van der Waals surface area contributed by atoms with Gasteiger partial charge in [0.2, 0.25) is 0 Å². The molecule has 2 rings (SSSR count). The molecule has 1 N–H and O–H groups in total. The molecular weight excluding hydrogens is 282 g/mol. The first-order valence-corrected chi connectivity index (χ1v) is 8.93. The molecule has 1 aromatic rings. The van der Waals surface area contributed by atoms with E-state index >= 15 is 0 Å². The van der Waals surface area contributed by atoms with Crippen LogP contribution in [0, 0.1) is 12.8 Å². The molecule has 0 spiro atoms. The lowest BCUT2D eigenvalue weighted by Crippen LogP contribution is -2.39. The third kappa shape index (κ3) is 5.65. The van der Waals surface area contributed by atoms with Crippen molar-refractivity contribution in [2.45, 2.75) is 58.4 Å². The predicted octanol–water partition coefficient (Wildman–Crippen LogP) is 3.95. The molecule has 0 bridgehead atoms. The zero-order valence-electron chi connectivity index (χ0n) is 13.2. The van der Waals surface area contributed by atoms with Crippen LogP contribution in [0.2, 0.25) is 0 Å². The van der Waals surface area contributed by atoms with Crippen LogP contribution in [0.1, 0.15) is 55.6 Å². The standard InChI is InChI=1S/C16H27N3OS/c1-13-18-15(12-21-13)11-19(2)16(20)17-10-14-8-6-4-3-5-7-9-14/h12,14H,3-11H2,1-2H3,(H,17,20). The Morgan fingerprint density at radius 2 is 2.00 bits per heavy atom. The van der Waals surface area contributed by atoms with Crippen LogP contribution < -0.4 is 5.32 Å². The molecule has 118 valence electrons. The Bertz CT molecular complexity index is 438. The lowest BCUT2D eigenvalue weighted by molar-refractivity contribution is 0.203. The van der Waals surface area contributed by atoms with Gasteiger partial charge in [0, 0.05) is 19.0 Å². The van der Waals surface area contributed by atoms with E-state index in [1.807, 2.05) is 19.4 Å². The SMILES string of the molecule is Cc1nc(CN(C)C(=O)NCC2CCCCCCC2)cs1. The summed E-state index contributed by atoms with van der Waals surface area (Å²) in [5, 5.41) is 6.16. The number of carbonyl (C=O) groups is 1. The van der Waals surface area contributed by atoms with Crippen molar-refractivity contribution in [3.8, 4) is 0 Å². The average molecular weight is 309 g/mol. The Kier molecular flexibility index (Phi) is 6.49. The van der Waals surface area contributed by atoms with Gasteiger partial charge >= 0.3 is 6.03 Å². The fourth-order valence-electron chi connectivity index (χ4n) is 2.91. The summed E-state index contributed by atoms with van der Waals surface area (Å²) < 4.78 is 0. The van der Waals surface area contributed by atoms with E-state index in [0.29, 0.717) is 12.5 Å². The minimum atomic E-state index is 0.0164. The van der Waals surface area contributed by atoms with E-state index in [9.17, 15) is 4.79 Å². The zero-order chi connectivity index (χ0) is 15.1. The highest BCUT2D eigenvalue weighted by molar-refractivity contribution is 7.09. The third-order valence-corrected chi connectivity index (χ3v) is 5.00. The summed E-state index contributed by atoms with van der Waals surface area (Å²) >= 11 is 1.63. The van der Waals surface area contributed by atoms with Gasteiger partial charge in [-0.15, -0.1) is 11.3 Å². The van der Waals surface area contributed by atoms with E-state index in [2.05, 4.69) is 10.3 Å². The summed E-state index contributed by atoms with van der Waals surface area (Å²) in [5.74, 6) is 0.657. The summed E-state index contributed by atoms with van der Waals surface area (Å²) in [4.78, 5) is 18.3. The van der Waals surface area contributed by atoms with Crippen molar-refractivity contribution in [2.75, 3.05) is 13.6 Å². The molecule has 5 heteroatoms. The highest BCUT2D eigenvalue weighted by Crippen LogP contribution is 2.21. The van der Waals surface area contributed by atoms with Gasteiger partial charge < -0.3 is 10.2 Å². The number of hydrogen-bond acceptors (Lipinski definition) is 3. The molecule has 0 unspecified atom stereocenters. The van der Waals surface area contributed by atoms with E-state index in [-0.39, 0.29) is 6.03 Å². The molecule has 0 radical (unpaired) electrons. The first-order valence-electron chi connectivity index (χ1n) is 8.05. The number of urea groups is 1. The Morgan fingerprint density at radius 1 is 1.33 bits per heavy atom. The Labute approximate surface area is 132 Å². The number of thiazole rings is 1. The fraction of sp³-hybridized carbons (Fsp3) is 0.750. The molecule has 0 aromatic carbocycles. The fourth-order valence-corrected chi connectivity index (χ4v) is 3.51. The highest BCUT2D eigenvalue weighted by atomic mass is 32.1. The van der Waals surface area contributed by atoms with Crippen molar-refractivity contribution in [3.05, 3.63) is 16.1 Å². The number of aromatic nitrogens is 1. The summed E-state index contributed by atoms with van der Waals surface area (Å²) in [6.45, 7) is 3.39. The Balaban J connectivity index is 1.72. The largest absolute Gasteiger partial charge is 0.338 e.